The van der Waals surface area contributed by atoms with E-state index >= 15 is 0 Å². The van der Waals surface area contributed by atoms with Gasteiger partial charge in [-0.15, -0.1) is 11.8 Å². The number of carbonyl (C=O) groups excluding carboxylic acids is 2. The van der Waals surface area contributed by atoms with E-state index in [-0.39, 0.29) is 23.1 Å². The van der Waals surface area contributed by atoms with Crippen molar-refractivity contribution >= 4 is 56.6 Å². The second kappa shape index (κ2) is 9.30. The Kier molecular flexibility index (Phi) is 6.66. The summed E-state index contributed by atoms with van der Waals surface area (Å²) < 4.78 is 32.7. The van der Waals surface area contributed by atoms with Crippen LogP contribution in [-0.4, -0.2) is 57.0 Å². The Bertz CT molecular complexity index is 1170. The van der Waals surface area contributed by atoms with Gasteiger partial charge in [0.1, 0.15) is 12.3 Å². The van der Waals surface area contributed by atoms with Gasteiger partial charge in [0.15, 0.2) is 0 Å². The molecule has 1 fully saturated rings. The number of nitrogens with one attached hydrogen (secondary N) is 1. The van der Waals surface area contributed by atoms with E-state index in [2.05, 4.69) is 5.32 Å². The van der Waals surface area contributed by atoms with Crippen LogP contribution in [0.2, 0.25) is 5.02 Å². The van der Waals surface area contributed by atoms with Crippen molar-refractivity contribution in [2.75, 3.05) is 42.7 Å². The second-order valence-electron chi connectivity index (χ2n) is 7.40. The van der Waals surface area contributed by atoms with Crippen molar-refractivity contribution in [2.24, 2.45) is 0 Å². The fourth-order valence-electron chi connectivity index (χ4n) is 3.70. The first-order valence-electron chi connectivity index (χ1n) is 10.0. The molecule has 2 amide bonds. The Morgan fingerprint density at radius 1 is 1.19 bits per heavy atom. The van der Waals surface area contributed by atoms with Gasteiger partial charge in [0, 0.05) is 23.0 Å². The molecule has 0 radical (unpaired) electrons. The van der Waals surface area contributed by atoms with Gasteiger partial charge in [-0.05, 0) is 49.2 Å². The first-order chi connectivity index (χ1) is 15.3. The van der Waals surface area contributed by atoms with Gasteiger partial charge >= 0.3 is 0 Å². The molecule has 0 aliphatic carbocycles. The van der Waals surface area contributed by atoms with Crippen LogP contribution < -0.4 is 15.0 Å². The van der Waals surface area contributed by atoms with Gasteiger partial charge in [0.2, 0.25) is 21.8 Å². The van der Waals surface area contributed by atoms with Crippen LogP contribution in [0.15, 0.2) is 46.2 Å². The number of thioether (sulfide) groups is 1. The smallest absolute Gasteiger partial charge is 0.244 e. The molecule has 1 N–H and O–H groups in total. The van der Waals surface area contributed by atoms with E-state index in [9.17, 15) is 18.0 Å². The number of ether oxygens (including phenoxy) is 1. The van der Waals surface area contributed by atoms with E-state index in [1.54, 1.807) is 30.3 Å². The first-order valence-corrected chi connectivity index (χ1v) is 12.8. The lowest BCUT2D eigenvalue weighted by molar-refractivity contribution is -0.120. The zero-order chi connectivity index (χ0) is 22.9. The highest BCUT2D eigenvalue weighted by Gasteiger charge is 2.31. The topological polar surface area (TPSA) is 96.0 Å². The maximum Gasteiger partial charge on any atom is 0.244 e. The lowest BCUT2D eigenvalue weighted by Gasteiger charge is -2.29. The number of rotatable bonds is 6. The van der Waals surface area contributed by atoms with E-state index < -0.39 is 15.9 Å². The quantitative estimate of drug-likeness (QED) is 0.661. The predicted octanol–water partition coefficient (Wildman–Crippen LogP) is 3.21. The van der Waals surface area contributed by atoms with Crippen LogP contribution >= 0.6 is 23.4 Å². The maximum absolute atomic E-state index is 13.0. The van der Waals surface area contributed by atoms with E-state index in [1.165, 1.54) is 34.1 Å². The molecule has 2 aromatic carbocycles. The van der Waals surface area contributed by atoms with Crippen molar-refractivity contribution in [1.82, 2.24) is 4.31 Å². The highest BCUT2D eigenvalue weighted by molar-refractivity contribution is 8.00. The number of hydrogen-bond donors (Lipinski definition) is 1. The molecule has 0 bridgehead atoms. The van der Waals surface area contributed by atoms with E-state index in [0.717, 1.165) is 17.7 Å². The van der Waals surface area contributed by atoms with Gasteiger partial charge in [0.05, 0.1) is 29.1 Å². The van der Waals surface area contributed by atoms with Crippen LogP contribution in [0.3, 0.4) is 0 Å². The number of methoxy groups -OCH3 is 1. The number of benzene rings is 2. The van der Waals surface area contributed by atoms with Crippen LogP contribution in [0, 0.1) is 0 Å². The molecule has 11 heteroatoms. The molecule has 0 atom stereocenters. The number of nitrogens with zero attached hydrogens (tertiary/aromatic N) is 2. The molecule has 4 rings (SSSR count). The minimum Gasteiger partial charge on any atom is -0.495 e. The summed E-state index contributed by atoms with van der Waals surface area (Å²) in [5.74, 6) is -0.127. The lowest BCUT2D eigenvalue weighted by Crippen LogP contribution is -2.41. The lowest BCUT2D eigenvalue weighted by atomic mass is 10.2. The van der Waals surface area contributed by atoms with Gasteiger partial charge in [-0.3, -0.25) is 9.59 Å². The number of anilines is 2. The Morgan fingerprint density at radius 2 is 1.94 bits per heavy atom. The summed E-state index contributed by atoms with van der Waals surface area (Å²) in [5.41, 5.74) is 0.800. The molecule has 0 aromatic heterocycles. The average Bonchev–Trinajstić information content (AvgIpc) is 3.31. The van der Waals surface area contributed by atoms with Crippen molar-refractivity contribution in [2.45, 2.75) is 22.6 Å². The zero-order valence-corrected chi connectivity index (χ0v) is 19.7. The summed E-state index contributed by atoms with van der Waals surface area (Å²) in [4.78, 5) is 27.6. The zero-order valence-electron chi connectivity index (χ0n) is 17.3. The first kappa shape index (κ1) is 22.9. The molecule has 2 aromatic rings. The second-order valence-corrected chi connectivity index (χ2v) is 10.8. The Hall–Kier alpha value is -2.27. The van der Waals surface area contributed by atoms with Crippen molar-refractivity contribution < 1.29 is 22.7 Å². The summed E-state index contributed by atoms with van der Waals surface area (Å²) in [5, 5.41) is 3.14. The summed E-state index contributed by atoms with van der Waals surface area (Å²) in [6.07, 6.45) is 1.66. The van der Waals surface area contributed by atoms with Crippen LogP contribution in [0.4, 0.5) is 11.4 Å². The van der Waals surface area contributed by atoms with Gasteiger partial charge < -0.3 is 15.0 Å². The maximum atomic E-state index is 13.0. The molecule has 0 saturated carbocycles. The Morgan fingerprint density at radius 3 is 2.66 bits per heavy atom. The third kappa shape index (κ3) is 4.59. The highest BCUT2D eigenvalue weighted by Crippen LogP contribution is 2.38. The van der Waals surface area contributed by atoms with E-state index in [1.807, 2.05) is 0 Å². The van der Waals surface area contributed by atoms with E-state index in [0.29, 0.717) is 35.2 Å². The number of amides is 2. The number of fused-ring (bicyclic) bond motifs is 1. The Balaban J connectivity index is 1.60. The minimum atomic E-state index is -3.65. The van der Waals surface area contributed by atoms with Crippen molar-refractivity contribution in [3.8, 4) is 5.75 Å². The summed E-state index contributed by atoms with van der Waals surface area (Å²) in [7, 11) is -2.17. The van der Waals surface area contributed by atoms with Crippen LogP contribution in [0.5, 0.6) is 5.75 Å². The predicted molar refractivity (Wildman–Crippen MR) is 124 cm³/mol. The average molecular weight is 496 g/mol. The third-order valence-corrected chi connectivity index (χ3v) is 8.49. The molecular formula is C21H22ClN3O5S2. The molecule has 1 saturated heterocycles. The third-order valence-electron chi connectivity index (χ3n) is 5.31. The molecule has 0 spiro atoms. The van der Waals surface area contributed by atoms with Gasteiger partial charge in [-0.25, -0.2) is 8.42 Å². The molecule has 2 heterocycles. The summed E-state index contributed by atoms with van der Waals surface area (Å²) in [6, 6.07) is 9.57. The van der Waals surface area contributed by atoms with Gasteiger partial charge in [-0.2, -0.15) is 4.31 Å². The van der Waals surface area contributed by atoms with Crippen LogP contribution in [0.1, 0.15) is 12.8 Å². The van der Waals surface area contributed by atoms with Gasteiger partial charge in [0.25, 0.3) is 0 Å². The molecule has 8 nitrogen and oxygen atoms in total. The fraction of sp³-hybridized carbons (Fsp3) is 0.333. The van der Waals surface area contributed by atoms with Crippen LogP contribution in [-0.2, 0) is 19.6 Å². The fourth-order valence-corrected chi connectivity index (χ4v) is 6.33. The highest BCUT2D eigenvalue weighted by atomic mass is 35.5. The molecular weight excluding hydrogens is 474 g/mol. The van der Waals surface area contributed by atoms with Crippen molar-refractivity contribution in [3.05, 3.63) is 41.4 Å². The number of halogens is 1. The standard InChI is InChI=1S/C21H22ClN3O5S2/c1-30-18-6-4-14(22)10-16(18)23-20(26)12-25-17-11-15(5-7-19(17)31-13-21(25)27)32(28,29)24-8-2-3-9-24/h4-7,10-11H,2-3,8-9,12-13H2,1H3,(H,23,26). The largest absolute Gasteiger partial charge is 0.495 e. The van der Waals surface area contributed by atoms with Gasteiger partial charge in [-0.1, -0.05) is 11.6 Å². The summed E-state index contributed by atoms with van der Waals surface area (Å²) >= 11 is 7.34. The van der Waals surface area contributed by atoms with Crippen molar-refractivity contribution in [3.63, 3.8) is 0 Å². The Labute approximate surface area is 195 Å². The molecule has 2 aliphatic rings. The normalized spacial score (nSPS) is 16.7. The minimum absolute atomic E-state index is 0.121. The number of sulfonamides is 1. The number of carbonyl (C=O) groups is 2. The molecule has 170 valence electrons. The molecule has 32 heavy (non-hydrogen) atoms. The van der Waals surface area contributed by atoms with Crippen LogP contribution in [0.25, 0.3) is 0 Å². The molecule has 2 aliphatic heterocycles. The SMILES string of the molecule is COc1ccc(Cl)cc1NC(=O)CN1C(=O)CSc2ccc(S(=O)(=O)N3CCCC3)cc21. The molecule has 0 unspecified atom stereocenters. The number of hydrogen-bond acceptors (Lipinski definition) is 6. The van der Waals surface area contributed by atoms with E-state index in [4.69, 9.17) is 16.3 Å². The summed E-state index contributed by atoms with van der Waals surface area (Å²) in [6.45, 7) is 0.705. The van der Waals surface area contributed by atoms with Crippen molar-refractivity contribution in [1.29, 1.82) is 0 Å². The monoisotopic (exact) mass is 495 g/mol.